The summed E-state index contributed by atoms with van der Waals surface area (Å²) in [4.78, 5) is 3.78. The van der Waals surface area contributed by atoms with Crippen LogP contribution in [-0.2, 0) is 10.0 Å². The fourth-order valence-corrected chi connectivity index (χ4v) is 2.97. The van der Waals surface area contributed by atoms with Gasteiger partial charge in [0.1, 0.15) is 15.8 Å². The summed E-state index contributed by atoms with van der Waals surface area (Å²) >= 11 is 8.93. The first-order valence-corrected chi connectivity index (χ1v) is 8.06. The van der Waals surface area contributed by atoms with E-state index in [4.69, 9.17) is 16.3 Å². The van der Waals surface area contributed by atoms with Crippen LogP contribution in [0.25, 0.3) is 0 Å². The van der Waals surface area contributed by atoms with Crippen molar-refractivity contribution in [3.05, 3.63) is 46.2 Å². The van der Waals surface area contributed by atoms with Crippen molar-refractivity contribution in [1.82, 2.24) is 4.98 Å². The van der Waals surface area contributed by atoms with Crippen LogP contribution in [0.3, 0.4) is 0 Å². The number of methoxy groups -OCH3 is 1. The minimum absolute atomic E-state index is 0.0313. The minimum Gasteiger partial charge on any atom is -0.495 e. The first-order valence-electron chi connectivity index (χ1n) is 5.40. The highest BCUT2D eigenvalue weighted by Gasteiger charge is 2.15. The molecule has 2 aromatic rings. The molecule has 0 unspecified atom stereocenters. The lowest BCUT2D eigenvalue weighted by Gasteiger charge is -2.10. The van der Waals surface area contributed by atoms with Crippen molar-refractivity contribution < 1.29 is 13.2 Å². The largest absolute Gasteiger partial charge is 0.495 e. The zero-order valence-corrected chi connectivity index (χ0v) is 13.5. The lowest BCUT2D eigenvalue weighted by molar-refractivity contribution is 0.412. The summed E-state index contributed by atoms with van der Waals surface area (Å²) in [5.41, 5.74) is 0.389. The number of hydrogen-bond donors (Lipinski definition) is 1. The molecule has 1 aromatic carbocycles. The molecule has 0 bridgehead atoms. The third kappa shape index (κ3) is 3.41. The highest BCUT2D eigenvalue weighted by molar-refractivity contribution is 9.10. The number of aromatic nitrogens is 1. The second-order valence-electron chi connectivity index (χ2n) is 3.77. The molecule has 0 aliphatic heterocycles. The van der Waals surface area contributed by atoms with Crippen LogP contribution < -0.4 is 9.46 Å². The Morgan fingerprint density at radius 2 is 2.05 bits per heavy atom. The fraction of sp³-hybridized carbons (Fsp3) is 0.0833. The Balaban J connectivity index is 2.30. The van der Waals surface area contributed by atoms with E-state index in [2.05, 4.69) is 25.6 Å². The van der Waals surface area contributed by atoms with Gasteiger partial charge in [0.05, 0.1) is 17.3 Å². The van der Waals surface area contributed by atoms with Gasteiger partial charge in [-0.1, -0.05) is 11.6 Å². The van der Waals surface area contributed by atoms with Gasteiger partial charge in [0, 0.05) is 12.3 Å². The normalized spacial score (nSPS) is 11.2. The highest BCUT2D eigenvalue weighted by atomic mass is 79.9. The second-order valence-corrected chi connectivity index (χ2v) is 6.70. The molecule has 1 N–H and O–H groups in total. The Morgan fingerprint density at radius 1 is 1.30 bits per heavy atom. The maximum Gasteiger partial charge on any atom is 0.263 e. The van der Waals surface area contributed by atoms with E-state index in [-0.39, 0.29) is 10.0 Å². The summed E-state index contributed by atoms with van der Waals surface area (Å²) in [6, 6.07) is 7.68. The molecule has 5 nitrogen and oxygen atoms in total. The van der Waals surface area contributed by atoms with Crippen LogP contribution in [0, 0.1) is 0 Å². The van der Waals surface area contributed by atoms with Gasteiger partial charge < -0.3 is 4.74 Å². The molecular formula is C12H10BrClN2O3S. The number of rotatable bonds is 4. The van der Waals surface area contributed by atoms with Crippen LogP contribution in [0.4, 0.5) is 5.69 Å². The van der Waals surface area contributed by atoms with Crippen molar-refractivity contribution in [2.75, 3.05) is 11.8 Å². The number of nitrogens with zero attached hydrogens (tertiary/aromatic N) is 1. The molecule has 106 valence electrons. The molecule has 0 aliphatic carbocycles. The molecule has 0 saturated carbocycles. The number of sulfonamides is 1. The molecule has 1 heterocycles. The predicted octanol–water partition coefficient (Wildman–Crippen LogP) is 3.31. The van der Waals surface area contributed by atoms with Gasteiger partial charge in [-0.3, -0.25) is 4.72 Å². The van der Waals surface area contributed by atoms with Gasteiger partial charge in [0.2, 0.25) is 0 Å². The molecule has 0 spiro atoms. The van der Waals surface area contributed by atoms with Crippen molar-refractivity contribution in [2.45, 2.75) is 4.90 Å². The highest BCUT2D eigenvalue weighted by Crippen LogP contribution is 2.28. The van der Waals surface area contributed by atoms with E-state index in [0.717, 1.165) is 4.47 Å². The van der Waals surface area contributed by atoms with E-state index >= 15 is 0 Å². The summed E-state index contributed by atoms with van der Waals surface area (Å²) in [7, 11) is -2.21. The van der Waals surface area contributed by atoms with Crippen LogP contribution >= 0.6 is 27.5 Å². The van der Waals surface area contributed by atoms with E-state index in [1.54, 1.807) is 18.2 Å². The van der Waals surface area contributed by atoms with Crippen LogP contribution in [-0.4, -0.2) is 20.5 Å². The molecule has 0 radical (unpaired) electrons. The zero-order valence-electron chi connectivity index (χ0n) is 10.3. The number of ether oxygens (including phenoxy) is 1. The Kier molecular flexibility index (Phi) is 4.52. The molecule has 8 heteroatoms. The molecule has 0 atom stereocenters. The molecular weight excluding hydrogens is 368 g/mol. The van der Waals surface area contributed by atoms with Crippen LogP contribution in [0.2, 0.25) is 5.15 Å². The number of pyridine rings is 1. The summed E-state index contributed by atoms with van der Waals surface area (Å²) in [6.07, 6.45) is 1.20. The first kappa shape index (κ1) is 15.1. The topological polar surface area (TPSA) is 68.3 Å². The minimum atomic E-state index is -3.71. The Hall–Kier alpha value is -1.31. The van der Waals surface area contributed by atoms with E-state index in [0.29, 0.717) is 11.4 Å². The van der Waals surface area contributed by atoms with Crippen molar-refractivity contribution >= 4 is 43.2 Å². The molecule has 0 saturated heterocycles. The Labute approximate surface area is 130 Å². The predicted molar refractivity (Wildman–Crippen MR) is 80.7 cm³/mol. The van der Waals surface area contributed by atoms with Gasteiger partial charge in [-0.25, -0.2) is 13.4 Å². The average Bonchev–Trinajstić information content (AvgIpc) is 2.41. The quantitative estimate of drug-likeness (QED) is 0.830. The summed E-state index contributed by atoms with van der Waals surface area (Å²) in [5.74, 6) is 0.527. The molecule has 2 rings (SSSR count). The Bertz CT molecular complexity index is 720. The lowest BCUT2D eigenvalue weighted by atomic mass is 10.3. The lowest BCUT2D eigenvalue weighted by Crippen LogP contribution is -2.13. The number of nitrogens with one attached hydrogen (secondary N) is 1. The molecule has 0 fully saturated rings. The smallest absolute Gasteiger partial charge is 0.263 e. The second kappa shape index (κ2) is 5.99. The third-order valence-corrected chi connectivity index (χ3v) is 4.66. The summed E-state index contributed by atoms with van der Waals surface area (Å²) in [6.45, 7) is 0. The first-order chi connectivity index (χ1) is 9.42. The van der Waals surface area contributed by atoms with E-state index in [1.165, 1.54) is 25.4 Å². The van der Waals surface area contributed by atoms with Crippen molar-refractivity contribution in [1.29, 1.82) is 0 Å². The maximum atomic E-state index is 12.2. The van der Waals surface area contributed by atoms with Gasteiger partial charge in [-0.15, -0.1) is 0 Å². The number of hydrogen-bond acceptors (Lipinski definition) is 4. The van der Waals surface area contributed by atoms with E-state index in [1.807, 2.05) is 0 Å². The molecule has 1 aromatic heterocycles. The molecule has 0 aliphatic rings. The molecule has 20 heavy (non-hydrogen) atoms. The molecule has 0 amide bonds. The van der Waals surface area contributed by atoms with Gasteiger partial charge in [-0.2, -0.15) is 0 Å². The summed E-state index contributed by atoms with van der Waals surface area (Å²) in [5, 5.41) is 0.231. The van der Waals surface area contributed by atoms with Gasteiger partial charge in [-0.05, 0) is 40.2 Å². The number of anilines is 1. The Morgan fingerprint density at radius 3 is 2.65 bits per heavy atom. The maximum absolute atomic E-state index is 12.2. The number of benzene rings is 1. The van der Waals surface area contributed by atoms with E-state index < -0.39 is 10.0 Å². The van der Waals surface area contributed by atoms with Gasteiger partial charge in [0.25, 0.3) is 10.0 Å². The fourth-order valence-electron chi connectivity index (χ4n) is 1.46. The van der Waals surface area contributed by atoms with Gasteiger partial charge in [0.15, 0.2) is 0 Å². The zero-order chi connectivity index (χ0) is 14.8. The van der Waals surface area contributed by atoms with E-state index in [9.17, 15) is 8.42 Å². The standard InChI is InChI=1S/C12H10BrClN2O3S/c1-19-11-6-8(2-4-10(11)13)16-20(17,18)9-3-5-12(14)15-7-9/h2-7,16H,1H3. The van der Waals surface area contributed by atoms with Crippen LogP contribution in [0.15, 0.2) is 45.9 Å². The third-order valence-electron chi connectivity index (χ3n) is 2.41. The SMILES string of the molecule is COc1cc(NS(=O)(=O)c2ccc(Cl)nc2)ccc1Br. The monoisotopic (exact) mass is 376 g/mol. The van der Waals surface area contributed by atoms with Crippen LogP contribution in [0.5, 0.6) is 5.75 Å². The van der Waals surface area contributed by atoms with Crippen LogP contribution in [0.1, 0.15) is 0 Å². The average molecular weight is 378 g/mol. The van der Waals surface area contributed by atoms with Crippen molar-refractivity contribution in [3.8, 4) is 5.75 Å². The van der Waals surface area contributed by atoms with Crippen molar-refractivity contribution in [3.63, 3.8) is 0 Å². The van der Waals surface area contributed by atoms with Crippen molar-refractivity contribution in [2.24, 2.45) is 0 Å². The number of halogens is 2. The summed E-state index contributed by atoms with van der Waals surface area (Å²) < 4.78 is 32.6. The van der Waals surface area contributed by atoms with Gasteiger partial charge >= 0.3 is 0 Å².